The Hall–Kier alpha value is -1.05. The van der Waals surface area contributed by atoms with Crippen molar-refractivity contribution in [3.05, 3.63) is 27.5 Å². The van der Waals surface area contributed by atoms with Gasteiger partial charge in [0.15, 0.2) is 4.34 Å². The number of carbonyl (C=O) groups is 1. The van der Waals surface area contributed by atoms with Crippen molar-refractivity contribution in [2.75, 3.05) is 0 Å². The van der Waals surface area contributed by atoms with E-state index < -0.39 is 5.97 Å². The highest BCUT2D eigenvalue weighted by atomic mass is 35.5. The van der Waals surface area contributed by atoms with E-state index in [4.69, 9.17) is 16.7 Å². The SMILES string of the molecule is CCc1nn(C)c(CSc2nc(CC(=O)O)cs2)c1Cl. The molecule has 0 aliphatic rings. The zero-order valence-corrected chi connectivity index (χ0v) is 13.5. The first-order valence-electron chi connectivity index (χ1n) is 6.00. The highest BCUT2D eigenvalue weighted by molar-refractivity contribution is 8.00. The normalized spacial score (nSPS) is 10.9. The molecule has 0 aromatic carbocycles. The fraction of sp³-hybridized carbons (Fsp3) is 0.417. The first-order valence-corrected chi connectivity index (χ1v) is 8.24. The predicted octanol–water partition coefficient (Wildman–Crippen LogP) is 3.01. The standard InChI is InChI=1S/C12H14ClN3O2S2/c1-3-8-11(13)9(16(2)15-8)6-20-12-14-7(5-19-12)4-10(17)18/h5H,3-4,6H2,1-2H3,(H,17,18). The maximum Gasteiger partial charge on any atom is 0.309 e. The number of carboxylic acid groups (broad SMARTS) is 1. The van der Waals surface area contributed by atoms with Crippen molar-refractivity contribution in [3.63, 3.8) is 0 Å². The van der Waals surface area contributed by atoms with Crippen LogP contribution in [0.3, 0.4) is 0 Å². The van der Waals surface area contributed by atoms with Crippen molar-refractivity contribution in [3.8, 4) is 0 Å². The van der Waals surface area contributed by atoms with Gasteiger partial charge in [-0.15, -0.1) is 11.3 Å². The fourth-order valence-electron chi connectivity index (χ4n) is 1.70. The second kappa shape index (κ2) is 6.60. The molecule has 0 saturated heterocycles. The Morgan fingerprint density at radius 2 is 2.35 bits per heavy atom. The molecule has 2 aromatic rings. The minimum atomic E-state index is -0.867. The monoisotopic (exact) mass is 331 g/mol. The fourth-order valence-corrected chi connectivity index (χ4v) is 4.05. The summed E-state index contributed by atoms with van der Waals surface area (Å²) in [6.07, 6.45) is 0.765. The third-order valence-electron chi connectivity index (χ3n) is 2.70. The number of aromatic nitrogens is 3. The van der Waals surface area contributed by atoms with Crippen LogP contribution in [0.15, 0.2) is 9.72 Å². The van der Waals surface area contributed by atoms with Crippen LogP contribution < -0.4 is 0 Å². The van der Waals surface area contributed by atoms with E-state index in [1.165, 1.54) is 11.3 Å². The number of hydrogen-bond donors (Lipinski definition) is 1. The van der Waals surface area contributed by atoms with Gasteiger partial charge in [-0.3, -0.25) is 9.48 Å². The van der Waals surface area contributed by atoms with Crippen LogP contribution in [-0.4, -0.2) is 25.8 Å². The number of carboxylic acids is 1. The highest BCUT2D eigenvalue weighted by Crippen LogP contribution is 2.30. The Balaban J connectivity index is 2.03. The lowest BCUT2D eigenvalue weighted by molar-refractivity contribution is -0.136. The van der Waals surface area contributed by atoms with E-state index in [9.17, 15) is 4.79 Å². The lowest BCUT2D eigenvalue weighted by Crippen LogP contribution is -2.00. The Morgan fingerprint density at radius 3 is 2.95 bits per heavy atom. The van der Waals surface area contributed by atoms with E-state index in [-0.39, 0.29) is 6.42 Å². The van der Waals surface area contributed by atoms with Crippen molar-refractivity contribution in [1.82, 2.24) is 14.8 Å². The number of thioether (sulfide) groups is 1. The van der Waals surface area contributed by atoms with Crippen molar-refractivity contribution in [2.45, 2.75) is 29.9 Å². The van der Waals surface area contributed by atoms with Gasteiger partial charge in [0.25, 0.3) is 0 Å². The summed E-state index contributed by atoms with van der Waals surface area (Å²) in [6, 6.07) is 0. The molecule has 0 amide bonds. The summed E-state index contributed by atoms with van der Waals surface area (Å²) in [4.78, 5) is 14.9. The van der Waals surface area contributed by atoms with E-state index in [1.807, 2.05) is 14.0 Å². The average molecular weight is 332 g/mol. The van der Waals surface area contributed by atoms with Gasteiger partial charge in [-0.1, -0.05) is 30.3 Å². The lowest BCUT2D eigenvalue weighted by atomic mass is 10.3. The maximum absolute atomic E-state index is 10.6. The van der Waals surface area contributed by atoms with Gasteiger partial charge in [-0.05, 0) is 6.42 Å². The summed E-state index contributed by atoms with van der Waals surface area (Å²) in [5.74, 6) is -0.198. The van der Waals surface area contributed by atoms with Crippen LogP contribution in [-0.2, 0) is 30.4 Å². The van der Waals surface area contributed by atoms with E-state index in [2.05, 4.69) is 10.1 Å². The lowest BCUT2D eigenvalue weighted by Gasteiger charge is -2.00. The minimum Gasteiger partial charge on any atom is -0.481 e. The van der Waals surface area contributed by atoms with Crippen molar-refractivity contribution in [2.24, 2.45) is 7.05 Å². The van der Waals surface area contributed by atoms with Crippen LogP contribution in [0.5, 0.6) is 0 Å². The van der Waals surface area contributed by atoms with Crippen molar-refractivity contribution >= 4 is 40.7 Å². The Labute approximate surface area is 130 Å². The summed E-state index contributed by atoms with van der Waals surface area (Å²) in [7, 11) is 1.87. The maximum atomic E-state index is 10.6. The zero-order valence-electron chi connectivity index (χ0n) is 11.1. The smallest absolute Gasteiger partial charge is 0.309 e. The minimum absolute atomic E-state index is 0.0382. The second-order valence-electron chi connectivity index (χ2n) is 4.15. The van der Waals surface area contributed by atoms with Crippen LogP contribution >= 0.6 is 34.7 Å². The molecule has 0 bridgehead atoms. The molecule has 0 fully saturated rings. The van der Waals surface area contributed by atoms with Gasteiger partial charge in [-0.25, -0.2) is 4.98 Å². The Kier molecular flexibility index (Phi) is 5.06. The molecular formula is C12H14ClN3O2S2. The molecule has 2 rings (SSSR count). The van der Waals surface area contributed by atoms with Crippen molar-refractivity contribution < 1.29 is 9.90 Å². The number of rotatable bonds is 6. The molecule has 20 heavy (non-hydrogen) atoms. The third kappa shape index (κ3) is 3.53. The first-order chi connectivity index (χ1) is 9.51. The Morgan fingerprint density at radius 1 is 1.60 bits per heavy atom. The van der Waals surface area contributed by atoms with Gasteiger partial charge in [0.2, 0.25) is 0 Å². The Bertz CT molecular complexity index is 624. The molecule has 0 unspecified atom stereocenters. The predicted molar refractivity (Wildman–Crippen MR) is 80.6 cm³/mol. The topological polar surface area (TPSA) is 68.0 Å². The second-order valence-corrected chi connectivity index (χ2v) is 6.61. The summed E-state index contributed by atoms with van der Waals surface area (Å²) < 4.78 is 2.64. The van der Waals surface area contributed by atoms with Crippen molar-refractivity contribution in [1.29, 1.82) is 0 Å². The molecule has 108 valence electrons. The number of halogens is 1. The number of hydrogen-bond acceptors (Lipinski definition) is 5. The van der Waals surface area contributed by atoms with Crippen LogP contribution in [0.25, 0.3) is 0 Å². The van der Waals surface area contributed by atoms with Gasteiger partial charge in [0.1, 0.15) is 0 Å². The molecule has 0 radical (unpaired) electrons. The molecule has 2 heterocycles. The van der Waals surface area contributed by atoms with Gasteiger partial charge in [0.05, 0.1) is 28.5 Å². The van der Waals surface area contributed by atoms with E-state index >= 15 is 0 Å². The molecule has 5 nitrogen and oxygen atoms in total. The molecule has 1 N–H and O–H groups in total. The van der Waals surface area contributed by atoms with E-state index in [0.717, 1.165) is 22.1 Å². The molecular weight excluding hydrogens is 318 g/mol. The van der Waals surface area contributed by atoms with Crippen LogP contribution in [0.2, 0.25) is 5.02 Å². The quantitative estimate of drug-likeness (QED) is 0.824. The van der Waals surface area contributed by atoms with Crippen LogP contribution in [0.4, 0.5) is 0 Å². The number of aliphatic carboxylic acids is 1. The zero-order chi connectivity index (χ0) is 14.7. The van der Waals surface area contributed by atoms with Gasteiger partial charge < -0.3 is 5.11 Å². The summed E-state index contributed by atoms with van der Waals surface area (Å²) >= 11 is 9.27. The molecule has 0 saturated carbocycles. The molecule has 0 atom stereocenters. The first kappa shape index (κ1) is 15.3. The summed E-state index contributed by atoms with van der Waals surface area (Å²) in [5.41, 5.74) is 2.45. The molecule has 0 spiro atoms. The molecule has 8 heteroatoms. The number of nitrogens with zero attached hydrogens (tertiary/aromatic N) is 3. The number of thiazole rings is 1. The average Bonchev–Trinajstić information content (AvgIpc) is 2.92. The van der Waals surface area contributed by atoms with Gasteiger partial charge in [-0.2, -0.15) is 5.10 Å². The van der Waals surface area contributed by atoms with Gasteiger partial charge in [0, 0.05) is 18.2 Å². The van der Waals surface area contributed by atoms with Gasteiger partial charge >= 0.3 is 5.97 Å². The van der Waals surface area contributed by atoms with E-state index in [0.29, 0.717) is 16.5 Å². The third-order valence-corrected chi connectivity index (χ3v) is 5.22. The van der Waals surface area contributed by atoms with Crippen LogP contribution in [0, 0.1) is 0 Å². The van der Waals surface area contributed by atoms with Crippen LogP contribution in [0.1, 0.15) is 24.0 Å². The summed E-state index contributed by atoms with van der Waals surface area (Å²) in [5, 5.41) is 15.6. The number of aryl methyl sites for hydroxylation is 2. The molecule has 0 aliphatic carbocycles. The molecule has 2 aromatic heterocycles. The largest absolute Gasteiger partial charge is 0.481 e. The van der Waals surface area contributed by atoms with E-state index in [1.54, 1.807) is 21.8 Å². The highest BCUT2D eigenvalue weighted by Gasteiger charge is 2.14. The molecule has 0 aliphatic heterocycles. The summed E-state index contributed by atoms with van der Waals surface area (Å²) in [6.45, 7) is 2.02.